The predicted octanol–water partition coefficient (Wildman–Crippen LogP) is 3.55. The number of carbonyl (C=O) groups is 2. The maximum Gasteiger partial charge on any atom is 0.323 e. The number of hydrogen-bond acceptors (Lipinski definition) is 10. The van der Waals surface area contributed by atoms with E-state index in [0.717, 1.165) is 51.4 Å². The fourth-order valence-corrected chi connectivity index (χ4v) is 6.58. The van der Waals surface area contributed by atoms with E-state index in [1.54, 1.807) is 24.3 Å². The molecule has 47 heavy (non-hydrogen) atoms. The second-order valence-electron chi connectivity index (χ2n) is 12.6. The van der Waals surface area contributed by atoms with Crippen LogP contribution in [0.3, 0.4) is 0 Å². The Bertz CT molecular complexity index is 1500. The highest BCUT2D eigenvalue weighted by atomic mass is 16.5. The normalized spacial score (nSPS) is 20.9. The molecule has 2 N–H and O–H groups in total. The van der Waals surface area contributed by atoms with E-state index in [1.807, 2.05) is 29.2 Å². The standard InChI is InChI=1S/C34H43N9O4/c1-24-23-42(13-14-43(24)29-3-2-4-29)31(44)26-7-11-28(12-8-26)36-34(45)35-27-9-5-25(6-10-27)30-37-32(40-15-19-46-20-16-40)39-33(38-30)41-17-21-47-22-18-41/h5-12,24,29H,2-4,13-23H2,1H3,(H2,35,36,45)/t24-/m0/s1. The van der Waals surface area contributed by atoms with Crippen LogP contribution in [0.25, 0.3) is 11.4 Å². The van der Waals surface area contributed by atoms with Crippen molar-refractivity contribution in [1.82, 2.24) is 24.8 Å². The van der Waals surface area contributed by atoms with Gasteiger partial charge < -0.3 is 34.8 Å². The zero-order valence-corrected chi connectivity index (χ0v) is 26.9. The number of anilines is 4. The van der Waals surface area contributed by atoms with Crippen molar-refractivity contribution >= 4 is 35.2 Å². The van der Waals surface area contributed by atoms with Crippen molar-refractivity contribution in [1.29, 1.82) is 0 Å². The monoisotopic (exact) mass is 641 g/mol. The average molecular weight is 642 g/mol. The Morgan fingerprint density at radius 2 is 1.28 bits per heavy atom. The third kappa shape index (κ3) is 7.32. The molecule has 3 aromatic rings. The lowest BCUT2D eigenvalue weighted by Gasteiger charge is -2.47. The smallest absolute Gasteiger partial charge is 0.323 e. The molecule has 1 atom stereocenters. The quantitative estimate of drug-likeness (QED) is 0.395. The Hall–Kier alpha value is -4.33. The summed E-state index contributed by atoms with van der Waals surface area (Å²) >= 11 is 0. The summed E-state index contributed by atoms with van der Waals surface area (Å²) in [6.45, 7) is 10.1. The molecule has 13 heteroatoms. The number of carbonyl (C=O) groups excluding carboxylic acids is 2. The Morgan fingerprint density at radius 3 is 1.79 bits per heavy atom. The van der Waals surface area contributed by atoms with Crippen molar-refractivity contribution in [2.24, 2.45) is 0 Å². The van der Waals surface area contributed by atoms with Crippen LogP contribution in [0.2, 0.25) is 0 Å². The van der Waals surface area contributed by atoms with Crippen LogP contribution in [-0.2, 0) is 9.47 Å². The van der Waals surface area contributed by atoms with Gasteiger partial charge in [-0.05, 0) is 68.3 Å². The number of urea groups is 1. The van der Waals surface area contributed by atoms with Crippen molar-refractivity contribution in [2.45, 2.75) is 38.3 Å². The topological polar surface area (TPSA) is 128 Å². The van der Waals surface area contributed by atoms with Crippen LogP contribution < -0.4 is 20.4 Å². The fourth-order valence-electron chi connectivity index (χ4n) is 6.58. The molecule has 248 valence electrons. The summed E-state index contributed by atoms with van der Waals surface area (Å²) < 4.78 is 11.0. The van der Waals surface area contributed by atoms with Gasteiger partial charge in [0, 0.05) is 80.4 Å². The minimum Gasteiger partial charge on any atom is -0.378 e. The number of nitrogens with one attached hydrogen (secondary N) is 2. The number of aromatic nitrogens is 3. The molecule has 7 rings (SSSR count). The highest BCUT2D eigenvalue weighted by Crippen LogP contribution is 2.29. The Labute approximate surface area is 275 Å². The number of morpholine rings is 2. The molecule has 0 bridgehead atoms. The van der Waals surface area contributed by atoms with E-state index in [9.17, 15) is 9.59 Å². The number of rotatable bonds is 7. The summed E-state index contributed by atoms with van der Waals surface area (Å²) in [6.07, 6.45) is 3.87. The first kappa shape index (κ1) is 31.3. The Morgan fingerprint density at radius 1 is 0.723 bits per heavy atom. The lowest BCUT2D eigenvalue weighted by molar-refractivity contribution is 0.0187. The van der Waals surface area contributed by atoms with E-state index in [4.69, 9.17) is 24.4 Å². The molecule has 3 saturated heterocycles. The second-order valence-corrected chi connectivity index (χ2v) is 12.6. The molecule has 2 aromatic carbocycles. The van der Waals surface area contributed by atoms with Crippen LogP contribution in [0.5, 0.6) is 0 Å². The molecule has 0 radical (unpaired) electrons. The second kappa shape index (κ2) is 14.2. The molecule has 4 heterocycles. The third-order valence-corrected chi connectivity index (χ3v) is 9.50. The molecule has 4 aliphatic rings. The van der Waals surface area contributed by atoms with E-state index >= 15 is 0 Å². The number of nitrogens with zero attached hydrogens (tertiary/aromatic N) is 7. The van der Waals surface area contributed by atoms with Crippen LogP contribution in [0.4, 0.5) is 28.1 Å². The summed E-state index contributed by atoms with van der Waals surface area (Å²) in [4.78, 5) is 49.2. The lowest BCUT2D eigenvalue weighted by Crippen LogP contribution is -2.58. The average Bonchev–Trinajstić information content (AvgIpc) is 3.09. The zero-order chi connectivity index (χ0) is 32.2. The Kier molecular flexibility index (Phi) is 9.45. The van der Waals surface area contributed by atoms with Crippen molar-refractivity contribution in [3.05, 3.63) is 54.1 Å². The van der Waals surface area contributed by atoms with Gasteiger partial charge in [0.05, 0.1) is 26.4 Å². The van der Waals surface area contributed by atoms with Gasteiger partial charge in [0.1, 0.15) is 0 Å². The summed E-state index contributed by atoms with van der Waals surface area (Å²) in [5.41, 5.74) is 2.68. The van der Waals surface area contributed by atoms with E-state index < -0.39 is 0 Å². The summed E-state index contributed by atoms with van der Waals surface area (Å²) in [7, 11) is 0. The third-order valence-electron chi connectivity index (χ3n) is 9.50. The van der Waals surface area contributed by atoms with Crippen LogP contribution in [0.1, 0.15) is 36.5 Å². The van der Waals surface area contributed by atoms with Gasteiger partial charge >= 0.3 is 6.03 Å². The van der Waals surface area contributed by atoms with Crippen LogP contribution in [0.15, 0.2) is 48.5 Å². The first-order valence-electron chi connectivity index (χ1n) is 16.8. The SMILES string of the molecule is C[C@H]1CN(C(=O)c2ccc(NC(=O)Nc3ccc(-c4nc(N5CCOCC5)nc(N5CCOCC5)n4)cc3)cc2)CCN1C1CCC1. The number of amides is 3. The van der Waals surface area contributed by atoms with Gasteiger partial charge in [0.25, 0.3) is 5.91 Å². The molecule has 0 unspecified atom stereocenters. The number of ether oxygens (including phenoxy) is 2. The maximum absolute atomic E-state index is 13.2. The number of benzene rings is 2. The highest BCUT2D eigenvalue weighted by molar-refractivity contribution is 6.00. The minimum atomic E-state index is -0.373. The zero-order valence-electron chi connectivity index (χ0n) is 26.9. The van der Waals surface area contributed by atoms with Crippen LogP contribution >= 0.6 is 0 Å². The van der Waals surface area contributed by atoms with Gasteiger partial charge in [-0.15, -0.1) is 0 Å². The van der Waals surface area contributed by atoms with Gasteiger partial charge in [-0.1, -0.05) is 6.42 Å². The maximum atomic E-state index is 13.2. The fraction of sp³-hybridized carbons (Fsp3) is 0.500. The van der Waals surface area contributed by atoms with E-state index in [0.29, 0.717) is 73.2 Å². The molecule has 1 aromatic heterocycles. The van der Waals surface area contributed by atoms with Gasteiger partial charge in [0.2, 0.25) is 11.9 Å². The molecule has 13 nitrogen and oxygen atoms in total. The molecular weight excluding hydrogens is 598 g/mol. The Balaban J connectivity index is 0.963. The molecule has 3 aliphatic heterocycles. The van der Waals surface area contributed by atoms with E-state index in [1.165, 1.54) is 19.3 Å². The molecule has 1 aliphatic carbocycles. The largest absolute Gasteiger partial charge is 0.378 e. The lowest BCUT2D eigenvalue weighted by atomic mass is 9.89. The van der Waals surface area contributed by atoms with Gasteiger partial charge in [-0.25, -0.2) is 4.79 Å². The predicted molar refractivity (Wildman–Crippen MR) is 180 cm³/mol. The molecule has 0 spiro atoms. The minimum absolute atomic E-state index is 0.0357. The number of piperazine rings is 1. The van der Waals surface area contributed by atoms with Crippen LogP contribution in [0, 0.1) is 0 Å². The van der Waals surface area contributed by atoms with Gasteiger partial charge in [-0.3, -0.25) is 9.69 Å². The van der Waals surface area contributed by atoms with Gasteiger partial charge in [-0.2, -0.15) is 15.0 Å². The van der Waals surface area contributed by atoms with Crippen molar-refractivity contribution in [3.8, 4) is 11.4 Å². The summed E-state index contributed by atoms with van der Waals surface area (Å²) in [5.74, 6) is 1.88. The summed E-state index contributed by atoms with van der Waals surface area (Å²) in [6, 6.07) is 15.2. The summed E-state index contributed by atoms with van der Waals surface area (Å²) in [5, 5.41) is 5.75. The first-order valence-corrected chi connectivity index (χ1v) is 16.8. The van der Waals surface area contributed by atoms with Gasteiger partial charge in [0.15, 0.2) is 5.82 Å². The van der Waals surface area contributed by atoms with E-state index in [-0.39, 0.29) is 11.9 Å². The van der Waals surface area contributed by atoms with Crippen molar-refractivity contribution in [2.75, 3.05) is 92.7 Å². The van der Waals surface area contributed by atoms with Crippen molar-refractivity contribution in [3.63, 3.8) is 0 Å². The highest BCUT2D eigenvalue weighted by Gasteiger charge is 2.34. The molecule has 4 fully saturated rings. The van der Waals surface area contributed by atoms with Crippen LogP contribution in [-0.4, -0.2) is 121 Å². The molecular formula is C34H43N9O4. The first-order chi connectivity index (χ1) is 23.0. The number of hydrogen-bond donors (Lipinski definition) is 2. The molecule has 1 saturated carbocycles. The van der Waals surface area contributed by atoms with Crippen molar-refractivity contribution < 1.29 is 19.1 Å². The van der Waals surface area contributed by atoms with E-state index in [2.05, 4.69) is 32.3 Å². The molecule has 3 amide bonds.